The highest BCUT2D eigenvalue weighted by atomic mass is 127. The summed E-state index contributed by atoms with van der Waals surface area (Å²) in [5, 5.41) is 1.31. The van der Waals surface area contributed by atoms with E-state index < -0.39 is 0 Å². The SMILES string of the molecule is Cn1cc(I)c2cc(-c3cn4c(n3)CCC4)ccc21. The average molecular weight is 363 g/mol. The molecule has 1 aromatic carbocycles. The Morgan fingerprint density at radius 2 is 2.16 bits per heavy atom. The number of fused-ring (bicyclic) bond motifs is 2. The van der Waals surface area contributed by atoms with Crippen LogP contribution in [-0.4, -0.2) is 14.1 Å². The van der Waals surface area contributed by atoms with E-state index in [-0.39, 0.29) is 0 Å². The Morgan fingerprint density at radius 1 is 1.26 bits per heavy atom. The molecule has 3 heterocycles. The molecule has 2 aromatic heterocycles. The van der Waals surface area contributed by atoms with Crippen LogP contribution in [0.1, 0.15) is 12.2 Å². The summed E-state index contributed by atoms with van der Waals surface area (Å²) >= 11 is 2.40. The molecule has 1 aliphatic heterocycles. The third kappa shape index (κ3) is 1.73. The minimum Gasteiger partial charge on any atom is -0.349 e. The first kappa shape index (κ1) is 11.5. The molecule has 1 aliphatic rings. The lowest BCUT2D eigenvalue weighted by atomic mass is 10.1. The van der Waals surface area contributed by atoms with E-state index in [2.05, 4.69) is 69.4 Å². The molecule has 0 atom stereocenters. The number of aromatic nitrogens is 3. The summed E-state index contributed by atoms with van der Waals surface area (Å²) in [7, 11) is 2.09. The quantitative estimate of drug-likeness (QED) is 0.606. The number of rotatable bonds is 1. The minimum absolute atomic E-state index is 1.11. The van der Waals surface area contributed by atoms with Gasteiger partial charge in [0.05, 0.1) is 5.69 Å². The second-order valence-corrected chi connectivity index (χ2v) is 6.32. The second kappa shape index (κ2) is 4.10. The molecule has 0 aliphatic carbocycles. The number of nitrogens with zero attached hydrogens (tertiary/aromatic N) is 3. The number of imidazole rings is 1. The second-order valence-electron chi connectivity index (χ2n) is 5.16. The molecule has 4 rings (SSSR count). The van der Waals surface area contributed by atoms with Crippen molar-refractivity contribution in [3.8, 4) is 11.3 Å². The molecular formula is C15H14IN3. The van der Waals surface area contributed by atoms with E-state index in [0.717, 1.165) is 18.7 Å². The van der Waals surface area contributed by atoms with Crippen LogP contribution >= 0.6 is 22.6 Å². The predicted octanol–water partition coefficient (Wildman–Crippen LogP) is 3.59. The Kier molecular flexibility index (Phi) is 2.48. The molecule has 96 valence electrons. The fourth-order valence-corrected chi connectivity index (χ4v) is 3.75. The van der Waals surface area contributed by atoms with E-state index in [0.29, 0.717) is 0 Å². The molecule has 0 amide bonds. The highest BCUT2D eigenvalue weighted by Crippen LogP contribution is 2.29. The first-order valence-corrected chi connectivity index (χ1v) is 7.61. The first-order chi connectivity index (χ1) is 9.22. The molecule has 0 unspecified atom stereocenters. The zero-order valence-electron chi connectivity index (χ0n) is 10.7. The minimum atomic E-state index is 1.11. The molecule has 0 saturated heterocycles. The summed E-state index contributed by atoms with van der Waals surface area (Å²) in [6.45, 7) is 1.12. The van der Waals surface area contributed by atoms with Gasteiger partial charge in [-0.2, -0.15) is 0 Å². The molecule has 0 radical (unpaired) electrons. The van der Waals surface area contributed by atoms with Gasteiger partial charge in [-0.25, -0.2) is 4.98 Å². The van der Waals surface area contributed by atoms with Crippen molar-refractivity contribution in [3.05, 3.63) is 40.0 Å². The summed E-state index contributed by atoms with van der Waals surface area (Å²) in [5.74, 6) is 1.23. The fourth-order valence-electron chi connectivity index (χ4n) is 2.90. The van der Waals surface area contributed by atoms with Crippen molar-refractivity contribution in [2.45, 2.75) is 19.4 Å². The van der Waals surface area contributed by atoms with Gasteiger partial charge < -0.3 is 9.13 Å². The zero-order valence-corrected chi connectivity index (χ0v) is 12.9. The van der Waals surface area contributed by atoms with Crippen molar-refractivity contribution < 1.29 is 0 Å². The van der Waals surface area contributed by atoms with E-state index in [1.54, 1.807) is 0 Å². The Hall–Kier alpha value is -1.30. The van der Waals surface area contributed by atoms with E-state index in [1.165, 1.54) is 32.3 Å². The topological polar surface area (TPSA) is 22.8 Å². The largest absolute Gasteiger partial charge is 0.349 e. The maximum Gasteiger partial charge on any atom is 0.109 e. The van der Waals surface area contributed by atoms with Gasteiger partial charge in [0, 0.05) is 52.4 Å². The molecule has 19 heavy (non-hydrogen) atoms. The van der Waals surface area contributed by atoms with Gasteiger partial charge in [0.1, 0.15) is 5.82 Å². The van der Waals surface area contributed by atoms with Gasteiger partial charge in [-0.3, -0.25) is 0 Å². The summed E-state index contributed by atoms with van der Waals surface area (Å²) in [5.41, 5.74) is 3.61. The molecule has 3 nitrogen and oxygen atoms in total. The van der Waals surface area contributed by atoms with Crippen molar-refractivity contribution >= 4 is 33.5 Å². The predicted molar refractivity (Wildman–Crippen MR) is 85.2 cm³/mol. The van der Waals surface area contributed by atoms with Crippen LogP contribution in [0, 0.1) is 3.57 Å². The van der Waals surface area contributed by atoms with Gasteiger partial charge in [0.2, 0.25) is 0 Å². The van der Waals surface area contributed by atoms with E-state index in [9.17, 15) is 0 Å². The van der Waals surface area contributed by atoms with Crippen molar-refractivity contribution in [1.82, 2.24) is 14.1 Å². The highest BCUT2D eigenvalue weighted by Gasteiger charge is 2.15. The summed E-state index contributed by atoms with van der Waals surface area (Å²) in [6, 6.07) is 6.63. The van der Waals surface area contributed by atoms with Crippen molar-refractivity contribution in [3.63, 3.8) is 0 Å². The van der Waals surface area contributed by atoms with Gasteiger partial charge in [-0.15, -0.1) is 0 Å². The lowest BCUT2D eigenvalue weighted by molar-refractivity contribution is 0.750. The van der Waals surface area contributed by atoms with Crippen LogP contribution in [0.2, 0.25) is 0 Å². The maximum absolute atomic E-state index is 4.76. The monoisotopic (exact) mass is 363 g/mol. The standard InChI is InChI=1S/C15H14IN3/c1-18-8-12(16)11-7-10(4-5-14(11)18)13-9-19-6-2-3-15(19)17-13/h4-5,7-9H,2-3,6H2,1H3. The summed E-state index contributed by atoms with van der Waals surface area (Å²) in [6.07, 6.45) is 6.71. The summed E-state index contributed by atoms with van der Waals surface area (Å²) < 4.78 is 5.76. The van der Waals surface area contributed by atoms with Gasteiger partial charge in [0.25, 0.3) is 0 Å². The van der Waals surface area contributed by atoms with Crippen LogP contribution in [0.4, 0.5) is 0 Å². The Balaban J connectivity index is 1.88. The van der Waals surface area contributed by atoms with E-state index >= 15 is 0 Å². The molecule has 4 heteroatoms. The van der Waals surface area contributed by atoms with E-state index in [4.69, 9.17) is 4.98 Å². The van der Waals surface area contributed by atoms with Crippen LogP contribution in [0.15, 0.2) is 30.6 Å². The van der Waals surface area contributed by atoms with Crippen LogP contribution in [0.25, 0.3) is 22.2 Å². The maximum atomic E-state index is 4.76. The molecule has 0 spiro atoms. The lowest BCUT2D eigenvalue weighted by Gasteiger charge is -2.00. The highest BCUT2D eigenvalue weighted by molar-refractivity contribution is 14.1. The molecule has 3 aromatic rings. The molecule has 0 bridgehead atoms. The van der Waals surface area contributed by atoms with Crippen molar-refractivity contribution in [1.29, 1.82) is 0 Å². The third-order valence-electron chi connectivity index (χ3n) is 3.90. The van der Waals surface area contributed by atoms with Crippen LogP contribution in [0.5, 0.6) is 0 Å². The smallest absolute Gasteiger partial charge is 0.109 e. The molecular weight excluding hydrogens is 349 g/mol. The van der Waals surface area contributed by atoms with Gasteiger partial charge in [0.15, 0.2) is 0 Å². The molecule has 0 N–H and O–H groups in total. The Labute approximate surface area is 125 Å². The van der Waals surface area contributed by atoms with Gasteiger partial charge >= 0.3 is 0 Å². The van der Waals surface area contributed by atoms with E-state index in [1.807, 2.05) is 0 Å². The van der Waals surface area contributed by atoms with Gasteiger partial charge in [-0.05, 0) is 41.1 Å². The molecule has 0 fully saturated rings. The zero-order chi connectivity index (χ0) is 13.0. The number of hydrogen-bond donors (Lipinski definition) is 0. The van der Waals surface area contributed by atoms with Crippen LogP contribution in [-0.2, 0) is 20.0 Å². The van der Waals surface area contributed by atoms with Crippen molar-refractivity contribution in [2.24, 2.45) is 7.05 Å². The normalized spacial score (nSPS) is 14.2. The fraction of sp³-hybridized carbons (Fsp3) is 0.267. The number of benzene rings is 1. The van der Waals surface area contributed by atoms with Crippen LogP contribution < -0.4 is 0 Å². The van der Waals surface area contributed by atoms with Crippen LogP contribution in [0.3, 0.4) is 0 Å². The van der Waals surface area contributed by atoms with Gasteiger partial charge in [-0.1, -0.05) is 6.07 Å². The van der Waals surface area contributed by atoms with Crippen molar-refractivity contribution in [2.75, 3.05) is 0 Å². The number of hydrogen-bond acceptors (Lipinski definition) is 1. The Bertz CT molecular complexity index is 761. The number of aryl methyl sites for hydroxylation is 3. The third-order valence-corrected chi connectivity index (χ3v) is 4.75. The summed E-state index contributed by atoms with van der Waals surface area (Å²) in [4.78, 5) is 4.76. The molecule has 0 saturated carbocycles. The average Bonchev–Trinajstić information content (AvgIpc) is 3.04. The Morgan fingerprint density at radius 3 is 3.00 bits per heavy atom. The first-order valence-electron chi connectivity index (χ1n) is 6.53. The number of halogens is 1. The lowest BCUT2D eigenvalue weighted by Crippen LogP contribution is -1.87.